The predicted octanol–water partition coefficient (Wildman–Crippen LogP) is 4.33. The highest BCUT2D eigenvalue weighted by Gasteiger charge is 2.29. The molecule has 1 amide bonds. The molecule has 26 heavy (non-hydrogen) atoms. The van der Waals surface area contributed by atoms with Crippen LogP contribution in [0.25, 0.3) is 0 Å². The lowest BCUT2D eigenvalue weighted by Gasteiger charge is -2.25. The molecule has 1 unspecified atom stereocenters. The number of thioether (sulfide) groups is 1. The van der Waals surface area contributed by atoms with Crippen molar-refractivity contribution in [2.75, 3.05) is 12.3 Å². The number of benzene rings is 1. The Hall–Kier alpha value is -2.32. The molecule has 1 aromatic carbocycles. The summed E-state index contributed by atoms with van der Waals surface area (Å²) in [7, 11) is 0. The number of likely N-dealkylation sites (tertiary alicyclic amines) is 1. The van der Waals surface area contributed by atoms with Gasteiger partial charge in [0.1, 0.15) is 11.1 Å². The van der Waals surface area contributed by atoms with Gasteiger partial charge in [0.05, 0.1) is 17.4 Å². The Morgan fingerprint density at radius 3 is 2.69 bits per heavy atom. The molecule has 134 valence electrons. The maximum atomic E-state index is 12.8. The number of nitriles is 1. The van der Waals surface area contributed by atoms with E-state index in [9.17, 15) is 10.1 Å². The van der Waals surface area contributed by atoms with Crippen molar-refractivity contribution in [3.05, 3.63) is 58.3 Å². The number of carbonyl (C=O) groups is 1. The molecule has 2 heterocycles. The van der Waals surface area contributed by atoms with Gasteiger partial charge in [-0.1, -0.05) is 42.1 Å². The van der Waals surface area contributed by atoms with Gasteiger partial charge in [-0.25, -0.2) is 4.98 Å². The Morgan fingerprint density at radius 2 is 2.00 bits per heavy atom. The summed E-state index contributed by atoms with van der Waals surface area (Å²) >= 11 is 1.38. The Kier molecular flexibility index (Phi) is 5.63. The molecule has 1 aliphatic rings. The summed E-state index contributed by atoms with van der Waals surface area (Å²) in [6.45, 7) is 6.66. The molecular formula is C21H23N3OS. The normalized spacial score (nSPS) is 16.5. The van der Waals surface area contributed by atoms with Gasteiger partial charge in [0.15, 0.2) is 0 Å². The molecule has 0 spiro atoms. The summed E-state index contributed by atoms with van der Waals surface area (Å²) in [4.78, 5) is 19.4. The first-order valence-electron chi connectivity index (χ1n) is 8.88. The zero-order chi connectivity index (χ0) is 18.7. The lowest BCUT2D eigenvalue weighted by Crippen LogP contribution is -2.32. The summed E-state index contributed by atoms with van der Waals surface area (Å²) in [5.41, 5.74) is 4.70. The summed E-state index contributed by atoms with van der Waals surface area (Å²) in [6.07, 6.45) is 2.03. The highest BCUT2D eigenvalue weighted by atomic mass is 32.2. The summed E-state index contributed by atoms with van der Waals surface area (Å²) < 4.78 is 0. The molecular weight excluding hydrogens is 342 g/mol. The van der Waals surface area contributed by atoms with E-state index in [4.69, 9.17) is 0 Å². The van der Waals surface area contributed by atoms with Crippen LogP contribution in [0.15, 0.2) is 35.4 Å². The van der Waals surface area contributed by atoms with Gasteiger partial charge in [0.2, 0.25) is 5.91 Å². The highest BCUT2D eigenvalue weighted by Crippen LogP contribution is 2.33. The van der Waals surface area contributed by atoms with Gasteiger partial charge < -0.3 is 4.90 Å². The maximum absolute atomic E-state index is 12.8. The minimum absolute atomic E-state index is 0.114. The Labute approximate surface area is 159 Å². The van der Waals surface area contributed by atoms with E-state index in [1.54, 1.807) is 0 Å². The monoisotopic (exact) mass is 365 g/mol. The first-order valence-corrected chi connectivity index (χ1v) is 9.86. The van der Waals surface area contributed by atoms with Crippen LogP contribution >= 0.6 is 11.8 Å². The second kappa shape index (κ2) is 7.92. The van der Waals surface area contributed by atoms with Crippen molar-refractivity contribution in [1.82, 2.24) is 9.88 Å². The largest absolute Gasteiger partial charge is 0.335 e. The van der Waals surface area contributed by atoms with Gasteiger partial charge >= 0.3 is 0 Å². The highest BCUT2D eigenvalue weighted by molar-refractivity contribution is 8.00. The van der Waals surface area contributed by atoms with Crippen LogP contribution in [-0.2, 0) is 4.79 Å². The summed E-state index contributed by atoms with van der Waals surface area (Å²) in [6, 6.07) is 12.6. The van der Waals surface area contributed by atoms with Crippen molar-refractivity contribution in [2.24, 2.45) is 0 Å². The van der Waals surface area contributed by atoms with Gasteiger partial charge in [-0.05, 0) is 50.3 Å². The number of pyridine rings is 1. The van der Waals surface area contributed by atoms with Crippen LogP contribution in [0.4, 0.5) is 0 Å². The second-order valence-electron chi connectivity index (χ2n) is 6.68. The minimum Gasteiger partial charge on any atom is -0.335 e. The first kappa shape index (κ1) is 18.5. The molecule has 1 fully saturated rings. The van der Waals surface area contributed by atoms with Crippen LogP contribution in [0.2, 0.25) is 0 Å². The number of hydrogen-bond acceptors (Lipinski definition) is 4. The fourth-order valence-corrected chi connectivity index (χ4v) is 4.42. The van der Waals surface area contributed by atoms with Crippen LogP contribution in [0.1, 0.15) is 46.8 Å². The average molecular weight is 366 g/mol. The Bertz CT molecular complexity index is 858. The van der Waals surface area contributed by atoms with E-state index in [0.29, 0.717) is 16.3 Å². The summed E-state index contributed by atoms with van der Waals surface area (Å²) in [5, 5.41) is 10.1. The van der Waals surface area contributed by atoms with Crippen LogP contribution in [0, 0.1) is 32.1 Å². The molecule has 1 atom stereocenters. The number of carbonyl (C=O) groups excluding carboxylic acids is 1. The molecule has 5 heteroatoms. The molecule has 0 bridgehead atoms. The minimum atomic E-state index is 0.114. The van der Waals surface area contributed by atoms with Gasteiger partial charge in [-0.2, -0.15) is 5.26 Å². The van der Waals surface area contributed by atoms with E-state index in [2.05, 4.69) is 23.2 Å². The molecule has 2 aromatic rings. The third-order valence-corrected chi connectivity index (χ3v) is 6.13. The lowest BCUT2D eigenvalue weighted by molar-refractivity contribution is -0.129. The van der Waals surface area contributed by atoms with Crippen molar-refractivity contribution in [3.63, 3.8) is 0 Å². The summed E-state index contributed by atoms with van der Waals surface area (Å²) in [5.74, 6) is 0.426. The number of rotatable bonds is 4. The van der Waals surface area contributed by atoms with Gasteiger partial charge in [0.25, 0.3) is 0 Å². The Balaban J connectivity index is 1.74. The molecule has 0 N–H and O–H groups in total. The number of amides is 1. The zero-order valence-electron chi connectivity index (χ0n) is 15.5. The van der Waals surface area contributed by atoms with Crippen LogP contribution in [0.5, 0.6) is 0 Å². The third kappa shape index (κ3) is 3.61. The fourth-order valence-electron chi connectivity index (χ4n) is 3.45. The van der Waals surface area contributed by atoms with Crippen molar-refractivity contribution in [3.8, 4) is 6.07 Å². The number of aryl methyl sites for hydroxylation is 1. The molecule has 0 radical (unpaired) electrons. The molecule has 4 nitrogen and oxygen atoms in total. The molecule has 3 rings (SSSR count). The third-order valence-electron chi connectivity index (χ3n) is 5.16. The second-order valence-corrected chi connectivity index (χ2v) is 7.65. The molecule has 0 aliphatic carbocycles. The van der Waals surface area contributed by atoms with Crippen LogP contribution in [0.3, 0.4) is 0 Å². The van der Waals surface area contributed by atoms with Crippen molar-refractivity contribution in [2.45, 2.75) is 44.7 Å². The van der Waals surface area contributed by atoms with Crippen molar-refractivity contribution >= 4 is 17.7 Å². The topological polar surface area (TPSA) is 57.0 Å². The first-order chi connectivity index (χ1) is 12.5. The zero-order valence-corrected chi connectivity index (χ0v) is 16.3. The van der Waals surface area contributed by atoms with Crippen LogP contribution in [-0.4, -0.2) is 28.1 Å². The number of aromatic nitrogens is 1. The standard InChI is InChI=1S/C21H23N3OS/c1-14-15(2)18(12-22)21(23-16(14)3)26-13-20(25)24-11-7-10-19(24)17-8-5-4-6-9-17/h4-6,8-9,19H,7,10-11,13H2,1-3H3. The predicted molar refractivity (Wildman–Crippen MR) is 104 cm³/mol. The molecule has 1 aliphatic heterocycles. The van der Waals surface area contributed by atoms with E-state index < -0.39 is 0 Å². The number of nitrogens with zero attached hydrogens (tertiary/aromatic N) is 3. The lowest BCUT2D eigenvalue weighted by atomic mass is 10.0. The van der Waals surface area contributed by atoms with E-state index in [0.717, 1.165) is 36.2 Å². The quantitative estimate of drug-likeness (QED) is 0.757. The van der Waals surface area contributed by atoms with E-state index in [1.165, 1.54) is 17.3 Å². The van der Waals surface area contributed by atoms with Gasteiger partial charge in [-0.15, -0.1) is 0 Å². The molecule has 0 saturated carbocycles. The SMILES string of the molecule is Cc1nc(SCC(=O)N2CCCC2c2ccccc2)c(C#N)c(C)c1C. The van der Waals surface area contributed by atoms with E-state index in [-0.39, 0.29) is 11.9 Å². The van der Waals surface area contributed by atoms with E-state index in [1.807, 2.05) is 43.9 Å². The maximum Gasteiger partial charge on any atom is 0.233 e. The van der Waals surface area contributed by atoms with Gasteiger partial charge in [0, 0.05) is 12.2 Å². The molecule has 1 saturated heterocycles. The Morgan fingerprint density at radius 1 is 1.27 bits per heavy atom. The van der Waals surface area contributed by atoms with Crippen molar-refractivity contribution in [1.29, 1.82) is 5.26 Å². The average Bonchev–Trinajstić information content (AvgIpc) is 3.15. The number of hydrogen-bond donors (Lipinski definition) is 0. The molecule has 1 aromatic heterocycles. The van der Waals surface area contributed by atoms with Crippen LogP contribution < -0.4 is 0 Å². The van der Waals surface area contributed by atoms with Gasteiger partial charge in [-0.3, -0.25) is 4.79 Å². The van der Waals surface area contributed by atoms with Crippen molar-refractivity contribution < 1.29 is 4.79 Å². The van der Waals surface area contributed by atoms with E-state index >= 15 is 0 Å². The fraction of sp³-hybridized carbons (Fsp3) is 0.381. The smallest absolute Gasteiger partial charge is 0.233 e.